The Balaban J connectivity index is 1.38. The van der Waals surface area contributed by atoms with Gasteiger partial charge < -0.3 is 19.9 Å². The number of aryl methyl sites for hydroxylation is 1. The average molecular weight is 483 g/mol. The van der Waals surface area contributed by atoms with Crippen molar-refractivity contribution in [3.8, 4) is 28.3 Å². The molecule has 0 saturated carbocycles. The molecule has 10 heteroatoms. The van der Waals surface area contributed by atoms with Crippen LogP contribution in [-0.2, 0) is 7.05 Å². The van der Waals surface area contributed by atoms with Crippen LogP contribution >= 0.6 is 0 Å². The van der Waals surface area contributed by atoms with E-state index < -0.39 is 17.5 Å². The predicted octanol–water partition coefficient (Wildman–Crippen LogP) is 3.20. The van der Waals surface area contributed by atoms with Crippen molar-refractivity contribution in [3.63, 3.8) is 0 Å². The number of halogens is 2. The zero-order valence-electron chi connectivity index (χ0n) is 19.9. The molecule has 0 amide bonds. The number of nitrogens with one attached hydrogen (secondary N) is 1. The first kappa shape index (κ1) is 23.3. The first-order valence-corrected chi connectivity index (χ1v) is 11.7. The van der Waals surface area contributed by atoms with E-state index in [1.165, 1.54) is 25.4 Å². The second kappa shape index (κ2) is 8.67. The number of phenolic OH excluding ortho intramolecular Hbond substituents is 1. The molecule has 0 unspecified atom stereocenters. The minimum absolute atomic E-state index is 0.0900. The first-order chi connectivity index (χ1) is 16.7. The molecule has 3 aromatic rings. The molecule has 0 spiro atoms. The molecule has 2 aromatic heterocycles. The molecule has 2 aliphatic rings. The Morgan fingerprint density at radius 1 is 1.26 bits per heavy atom. The summed E-state index contributed by atoms with van der Waals surface area (Å²) >= 11 is 0. The Labute approximate surface area is 201 Å². The topological polar surface area (TPSA) is 96.2 Å². The van der Waals surface area contributed by atoms with Gasteiger partial charge in [-0.1, -0.05) is 6.07 Å². The molecular formula is C25H28F2N6O2. The van der Waals surface area contributed by atoms with Crippen molar-refractivity contribution in [2.24, 2.45) is 7.05 Å². The highest BCUT2D eigenvalue weighted by atomic mass is 19.1. The van der Waals surface area contributed by atoms with Crippen LogP contribution in [0.5, 0.6) is 5.75 Å². The van der Waals surface area contributed by atoms with Crippen LogP contribution in [0.1, 0.15) is 32.6 Å². The van der Waals surface area contributed by atoms with E-state index >= 15 is 4.39 Å². The fourth-order valence-electron chi connectivity index (χ4n) is 5.34. The van der Waals surface area contributed by atoms with E-state index in [4.69, 9.17) is 0 Å². The minimum atomic E-state index is -1.06. The van der Waals surface area contributed by atoms with Gasteiger partial charge in [0.1, 0.15) is 17.7 Å². The Hall–Kier alpha value is -3.40. The summed E-state index contributed by atoms with van der Waals surface area (Å²) in [6, 6.07) is 5.61. The molecule has 2 N–H and O–H groups in total. The molecule has 2 aliphatic heterocycles. The minimum Gasteiger partial charge on any atom is -0.507 e. The van der Waals surface area contributed by atoms with Gasteiger partial charge >= 0.3 is 0 Å². The van der Waals surface area contributed by atoms with Gasteiger partial charge in [-0.2, -0.15) is 0 Å². The van der Waals surface area contributed by atoms with Gasteiger partial charge in [0.15, 0.2) is 11.6 Å². The maximum atomic E-state index is 15.4. The fraction of sp³-hybridized carbons (Fsp3) is 0.440. The molecule has 8 nitrogen and oxygen atoms in total. The average Bonchev–Trinajstić information content (AvgIpc) is 2.83. The highest BCUT2D eigenvalue weighted by molar-refractivity contribution is 5.73. The molecule has 2 fully saturated rings. The third-order valence-corrected chi connectivity index (χ3v) is 7.39. The lowest BCUT2D eigenvalue weighted by Crippen LogP contribution is -2.68. The number of rotatable bonds is 4. The van der Waals surface area contributed by atoms with Crippen molar-refractivity contribution >= 4 is 5.82 Å². The van der Waals surface area contributed by atoms with Crippen LogP contribution in [0.4, 0.5) is 14.6 Å². The smallest absolute Gasteiger partial charge is 0.251 e. The van der Waals surface area contributed by atoms with E-state index in [1.54, 1.807) is 24.1 Å². The molecule has 1 aromatic carbocycles. The fourth-order valence-corrected chi connectivity index (χ4v) is 5.34. The second-order valence-electron chi connectivity index (χ2n) is 9.82. The van der Waals surface area contributed by atoms with E-state index in [0.717, 1.165) is 30.0 Å². The summed E-state index contributed by atoms with van der Waals surface area (Å²) in [6.45, 7) is 1.95. The second-order valence-corrected chi connectivity index (χ2v) is 9.82. The van der Waals surface area contributed by atoms with Gasteiger partial charge in [0.05, 0.1) is 17.8 Å². The molecule has 184 valence electrons. The van der Waals surface area contributed by atoms with Crippen LogP contribution < -0.4 is 15.8 Å². The lowest BCUT2D eigenvalue weighted by molar-refractivity contribution is 0.0405. The van der Waals surface area contributed by atoms with Crippen molar-refractivity contribution in [2.75, 3.05) is 11.9 Å². The summed E-state index contributed by atoms with van der Waals surface area (Å²) in [5.41, 5.74) is -0.153. The van der Waals surface area contributed by atoms with E-state index in [9.17, 15) is 14.3 Å². The van der Waals surface area contributed by atoms with Gasteiger partial charge in [-0.25, -0.2) is 13.8 Å². The quantitative estimate of drug-likeness (QED) is 0.590. The lowest BCUT2D eigenvalue weighted by Gasteiger charge is -2.52. The van der Waals surface area contributed by atoms with E-state index in [1.807, 2.05) is 6.92 Å². The molecule has 0 radical (unpaired) electrons. The van der Waals surface area contributed by atoms with Gasteiger partial charge in [0, 0.05) is 43.5 Å². The number of pyridine rings is 1. The maximum Gasteiger partial charge on any atom is 0.251 e. The number of benzene rings is 1. The summed E-state index contributed by atoms with van der Waals surface area (Å²) in [6.07, 6.45) is 5.10. The summed E-state index contributed by atoms with van der Waals surface area (Å²) in [7, 11) is 3.27. The predicted molar refractivity (Wildman–Crippen MR) is 128 cm³/mol. The molecule has 5 rings (SSSR count). The van der Waals surface area contributed by atoms with Crippen molar-refractivity contribution < 1.29 is 13.9 Å². The van der Waals surface area contributed by atoms with Crippen LogP contribution in [0.15, 0.2) is 41.5 Å². The standard InChI is InChI=1S/C25H28F2N6O2/c1-25-8-4-5-15(29-25)10-19(23(25)27)33(3)21-12-28-24(31-30-21)16-7-6-14(9-20(16)34)17-11-22(35)32(2)13-18(17)26/h6-7,9,11-13,15,19,23,29,34H,4-5,8,10H2,1-3H3/t15-,19-,23-,25+/m0/s1. The number of anilines is 1. The van der Waals surface area contributed by atoms with Crippen LogP contribution in [0.3, 0.4) is 0 Å². The Bertz CT molecular complexity index is 1310. The van der Waals surface area contributed by atoms with Gasteiger partial charge in [0.2, 0.25) is 0 Å². The number of nitrogens with zero attached hydrogens (tertiary/aromatic N) is 5. The number of hydrogen-bond acceptors (Lipinski definition) is 7. The molecule has 0 aliphatic carbocycles. The van der Waals surface area contributed by atoms with Crippen LogP contribution in [0, 0.1) is 5.82 Å². The number of hydrogen-bond donors (Lipinski definition) is 2. The Morgan fingerprint density at radius 3 is 2.77 bits per heavy atom. The number of phenols is 1. The molecule has 2 bridgehead atoms. The van der Waals surface area contributed by atoms with Crippen molar-refractivity contribution in [3.05, 3.63) is 52.8 Å². The van der Waals surface area contributed by atoms with Crippen molar-refractivity contribution in [2.45, 2.75) is 56.4 Å². The molecule has 4 heterocycles. The van der Waals surface area contributed by atoms with Gasteiger partial charge in [-0.3, -0.25) is 4.79 Å². The molecule has 2 saturated heterocycles. The third-order valence-electron chi connectivity index (χ3n) is 7.39. The SMILES string of the molecule is CN(c1cnc(-c2ccc(-c3cc(=O)n(C)cc3F)cc2O)nn1)[C@H]1C[C@@H]2CCC[C@@](C)(N2)[C@H]1F. The molecular weight excluding hydrogens is 454 g/mol. The highest BCUT2D eigenvalue weighted by Crippen LogP contribution is 2.38. The van der Waals surface area contributed by atoms with E-state index in [0.29, 0.717) is 23.4 Å². The monoisotopic (exact) mass is 482 g/mol. The van der Waals surface area contributed by atoms with E-state index in [2.05, 4.69) is 20.5 Å². The van der Waals surface area contributed by atoms with Gasteiger partial charge in [-0.05, 0) is 50.3 Å². The first-order valence-electron chi connectivity index (χ1n) is 11.7. The number of aromatic hydroxyl groups is 1. The molecule has 35 heavy (non-hydrogen) atoms. The summed E-state index contributed by atoms with van der Waals surface area (Å²) in [5, 5.41) is 22.4. The highest BCUT2D eigenvalue weighted by Gasteiger charge is 2.49. The third kappa shape index (κ3) is 4.16. The van der Waals surface area contributed by atoms with E-state index in [-0.39, 0.29) is 34.8 Å². The number of fused-ring (bicyclic) bond motifs is 2. The van der Waals surface area contributed by atoms with Gasteiger partial charge in [0.25, 0.3) is 5.56 Å². The maximum absolute atomic E-state index is 15.4. The van der Waals surface area contributed by atoms with Crippen molar-refractivity contribution in [1.29, 1.82) is 0 Å². The summed E-state index contributed by atoms with van der Waals surface area (Å²) < 4.78 is 30.9. The summed E-state index contributed by atoms with van der Waals surface area (Å²) in [5.74, 6) is -0.120. The lowest BCUT2D eigenvalue weighted by atomic mass is 9.73. The molecule has 4 atom stereocenters. The van der Waals surface area contributed by atoms with Gasteiger partial charge in [-0.15, -0.1) is 10.2 Å². The number of alkyl halides is 1. The van der Waals surface area contributed by atoms with Crippen LogP contribution in [-0.4, -0.2) is 55.7 Å². The zero-order valence-corrected chi connectivity index (χ0v) is 19.9. The Kier molecular flexibility index (Phi) is 5.79. The normalized spacial score (nSPS) is 25.9. The van der Waals surface area contributed by atoms with Crippen molar-refractivity contribution in [1.82, 2.24) is 25.1 Å². The summed E-state index contributed by atoms with van der Waals surface area (Å²) in [4.78, 5) is 18.1. The van der Waals surface area contributed by atoms with Crippen LogP contribution in [0.25, 0.3) is 22.5 Å². The number of piperidine rings is 2. The Morgan fingerprint density at radius 2 is 2.06 bits per heavy atom. The largest absolute Gasteiger partial charge is 0.507 e. The zero-order chi connectivity index (χ0) is 24.9. The van der Waals surface area contributed by atoms with Crippen LogP contribution in [0.2, 0.25) is 0 Å². The number of aromatic nitrogens is 4.